The Morgan fingerprint density at radius 1 is 1.43 bits per heavy atom. The van der Waals surface area contributed by atoms with Crippen LogP contribution < -0.4 is 5.73 Å². The van der Waals surface area contributed by atoms with Gasteiger partial charge >= 0.3 is 0 Å². The van der Waals surface area contributed by atoms with E-state index in [9.17, 15) is 0 Å². The Kier molecular flexibility index (Phi) is 3.24. The molecule has 1 nitrogen and oxygen atoms in total. The number of rotatable bonds is 3. The fourth-order valence-electron chi connectivity index (χ4n) is 2.05. The first kappa shape index (κ1) is 10.2. The summed E-state index contributed by atoms with van der Waals surface area (Å²) in [5.74, 6) is 0. The van der Waals surface area contributed by atoms with Gasteiger partial charge in [-0.05, 0) is 57.1 Å². The molecule has 14 heavy (non-hydrogen) atoms. The normalized spacial score (nSPS) is 17.9. The molecule has 0 unspecified atom stereocenters. The van der Waals surface area contributed by atoms with E-state index in [0.29, 0.717) is 6.04 Å². The van der Waals surface area contributed by atoms with E-state index in [-0.39, 0.29) is 0 Å². The van der Waals surface area contributed by atoms with Gasteiger partial charge in [-0.2, -0.15) is 0 Å². The van der Waals surface area contributed by atoms with Crippen LogP contribution in [0.5, 0.6) is 0 Å². The predicted octanol–water partition coefficient (Wildman–Crippen LogP) is 2.91. The molecule has 78 valence electrons. The zero-order valence-corrected chi connectivity index (χ0v) is 9.70. The van der Waals surface area contributed by atoms with Crippen molar-refractivity contribution in [1.29, 1.82) is 0 Å². The summed E-state index contributed by atoms with van der Waals surface area (Å²) < 4.78 is 0. The molecule has 0 bridgehead atoms. The minimum Gasteiger partial charge on any atom is -0.328 e. The molecule has 2 heteroatoms. The van der Waals surface area contributed by atoms with Crippen molar-refractivity contribution >= 4 is 11.3 Å². The number of thiophene rings is 1. The summed E-state index contributed by atoms with van der Waals surface area (Å²) in [7, 11) is 0. The minimum atomic E-state index is 0.342. The topological polar surface area (TPSA) is 26.0 Å². The smallest absolute Gasteiger partial charge is 0.00801 e. The molecule has 1 atom stereocenters. The van der Waals surface area contributed by atoms with Gasteiger partial charge in [-0.1, -0.05) is 0 Å². The van der Waals surface area contributed by atoms with Gasteiger partial charge in [0.15, 0.2) is 0 Å². The summed E-state index contributed by atoms with van der Waals surface area (Å²) in [6, 6.07) is 2.76. The van der Waals surface area contributed by atoms with Crippen molar-refractivity contribution in [1.82, 2.24) is 0 Å². The second-order valence-corrected chi connectivity index (χ2v) is 5.61. The molecule has 2 N–H and O–H groups in total. The second kappa shape index (κ2) is 4.45. The molecule has 0 saturated carbocycles. The Bertz CT molecular complexity index is 278. The predicted molar refractivity (Wildman–Crippen MR) is 62.9 cm³/mol. The standard InChI is InChI=1S/C12H19NS/c1-9(13)6-7-11-8-10-4-2-3-5-12(10)14-11/h8-9H,2-7,13H2,1H3/t9-/m1/s1. The van der Waals surface area contributed by atoms with Crippen LogP contribution in [0.3, 0.4) is 0 Å². The third kappa shape index (κ3) is 2.37. The first-order chi connectivity index (χ1) is 6.75. The van der Waals surface area contributed by atoms with Gasteiger partial charge in [0, 0.05) is 15.8 Å². The van der Waals surface area contributed by atoms with Crippen molar-refractivity contribution in [2.45, 2.75) is 51.5 Å². The van der Waals surface area contributed by atoms with Gasteiger partial charge in [0.05, 0.1) is 0 Å². The van der Waals surface area contributed by atoms with Crippen molar-refractivity contribution < 1.29 is 0 Å². The summed E-state index contributed by atoms with van der Waals surface area (Å²) in [6.45, 7) is 2.09. The maximum Gasteiger partial charge on any atom is 0.00801 e. The third-order valence-electron chi connectivity index (χ3n) is 2.89. The van der Waals surface area contributed by atoms with Crippen LogP contribution >= 0.6 is 11.3 Å². The summed E-state index contributed by atoms with van der Waals surface area (Å²) >= 11 is 2.02. The summed E-state index contributed by atoms with van der Waals surface area (Å²) in [5, 5.41) is 0. The van der Waals surface area contributed by atoms with Gasteiger partial charge in [0.1, 0.15) is 0 Å². The van der Waals surface area contributed by atoms with Gasteiger partial charge in [0.25, 0.3) is 0 Å². The van der Waals surface area contributed by atoms with E-state index in [4.69, 9.17) is 5.73 Å². The monoisotopic (exact) mass is 209 g/mol. The van der Waals surface area contributed by atoms with Crippen LogP contribution in [0.1, 0.15) is 41.5 Å². The number of hydrogen-bond donors (Lipinski definition) is 1. The lowest BCUT2D eigenvalue weighted by atomic mass is 9.99. The van der Waals surface area contributed by atoms with Crippen LogP contribution in [0.2, 0.25) is 0 Å². The molecule has 1 aromatic rings. The first-order valence-electron chi connectivity index (χ1n) is 5.62. The molecule has 1 aromatic heterocycles. The first-order valence-corrected chi connectivity index (χ1v) is 6.43. The number of hydrogen-bond acceptors (Lipinski definition) is 2. The Hall–Kier alpha value is -0.340. The molecule has 0 aliphatic heterocycles. The third-order valence-corrected chi connectivity index (χ3v) is 4.19. The Labute approximate surface area is 90.3 Å². The van der Waals surface area contributed by atoms with E-state index < -0.39 is 0 Å². The maximum atomic E-state index is 5.77. The zero-order valence-electron chi connectivity index (χ0n) is 8.88. The van der Waals surface area contributed by atoms with Crippen LogP contribution in [0, 0.1) is 0 Å². The SMILES string of the molecule is C[C@@H](N)CCc1cc2c(s1)CCCC2. The molecule has 0 radical (unpaired) electrons. The molecule has 1 aliphatic rings. The van der Waals surface area contributed by atoms with Crippen molar-refractivity contribution in [3.63, 3.8) is 0 Å². The Morgan fingerprint density at radius 2 is 2.21 bits per heavy atom. The highest BCUT2D eigenvalue weighted by atomic mass is 32.1. The fraction of sp³-hybridized carbons (Fsp3) is 0.667. The highest BCUT2D eigenvalue weighted by molar-refractivity contribution is 7.12. The van der Waals surface area contributed by atoms with Crippen molar-refractivity contribution in [2.75, 3.05) is 0 Å². The lowest BCUT2D eigenvalue weighted by Gasteiger charge is -2.08. The molecular formula is C12H19NS. The van der Waals surface area contributed by atoms with Crippen LogP contribution in [0.25, 0.3) is 0 Å². The summed E-state index contributed by atoms with van der Waals surface area (Å²) in [4.78, 5) is 3.20. The highest BCUT2D eigenvalue weighted by Crippen LogP contribution is 2.30. The van der Waals surface area contributed by atoms with E-state index in [1.807, 2.05) is 11.3 Å². The fourth-order valence-corrected chi connectivity index (χ4v) is 3.32. The van der Waals surface area contributed by atoms with E-state index in [2.05, 4.69) is 13.0 Å². The van der Waals surface area contributed by atoms with E-state index >= 15 is 0 Å². The van der Waals surface area contributed by atoms with Crippen LogP contribution in [0.15, 0.2) is 6.07 Å². The lowest BCUT2D eigenvalue weighted by Crippen LogP contribution is -2.14. The molecule has 0 amide bonds. The average Bonchev–Trinajstić information content (AvgIpc) is 2.57. The largest absolute Gasteiger partial charge is 0.328 e. The van der Waals surface area contributed by atoms with Crippen LogP contribution in [-0.2, 0) is 19.3 Å². The van der Waals surface area contributed by atoms with Gasteiger partial charge in [0.2, 0.25) is 0 Å². The van der Waals surface area contributed by atoms with Crippen molar-refractivity contribution in [2.24, 2.45) is 5.73 Å². The number of nitrogens with two attached hydrogens (primary N) is 1. The van der Waals surface area contributed by atoms with Crippen LogP contribution in [-0.4, -0.2) is 6.04 Å². The quantitative estimate of drug-likeness (QED) is 0.814. The Balaban J connectivity index is 2.01. The molecule has 0 saturated heterocycles. The number of fused-ring (bicyclic) bond motifs is 1. The maximum absolute atomic E-state index is 5.77. The lowest BCUT2D eigenvalue weighted by molar-refractivity contribution is 0.669. The summed E-state index contributed by atoms with van der Waals surface area (Å²) in [5.41, 5.74) is 7.39. The number of aryl methyl sites for hydroxylation is 3. The van der Waals surface area contributed by atoms with Gasteiger partial charge < -0.3 is 5.73 Å². The van der Waals surface area contributed by atoms with Crippen LogP contribution in [0.4, 0.5) is 0 Å². The zero-order chi connectivity index (χ0) is 9.97. The summed E-state index contributed by atoms with van der Waals surface area (Å²) in [6.07, 6.45) is 7.70. The molecule has 1 aliphatic carbocycles. The minimum absolute atomic E-state index is 0.342. The molecule has 0 spiro atoms. The highest BCUT2D eigenvalue weighted by Gasteiger charge is 2.13. The van der Waals surface area contributed by atoms with Gasteiger partial charge in [-0.25, -0.2) is 0 Å². The molecule has 2 rings (SSSR count). The van der Waals surface area contributed by atoms with Gasteiger partial charge in [-0.15, -0.1) is 11.3 Å². The van der Waals surface area contributed by atoms with Crippen molar-refractivity contribution in [3.05, 3.63) is 21.4 Å². The Morgan fingerprint density at radius 3 is 2.93 bits per heavy atom. The second-order valence-electron chi connectivity index (χ2n) is 4.38. The van der Waals surface area contributed by atoms with Crippen molar-refractivity contribution in [3.8, 4) is 0 Å². The molecular weight excluding hydrogens is 190 g/mol. The van der Waals surface area contributed by atoms with Gasteiger partial charge in [-0.3, -0.25) is 0 Å². The van der Waals surface area contributed by atoms with E-state index in [1.54, 1.807) is 15.3 Å². The molecule has 1 heterocycles. The van der Waals surface area contributed by atoms with E-state index in [1.165, 1.54) is 32.1 Å². The molecule has 0 aromatic carbocycles. The van der Waals surface area contributed by atoms with E-state index in [0.717, 1.165) is 6.42 Å². The molecule has 0 fully saturated rings. The average molecular weight is 209 g/mol.